The summed E-state index contributed by atoms with van der Waals surface area (Å²) in [5, 5.41) is 0.756. The molecule has 0 radical (unpaired) electrons. The molecule has 5 heteroatoms. The fourth-order valence-electron chi connectivity index (χ4n) is 2.82. The molecule has 0 bridgehead atoms. The quantitative estimate of drug-likeness (QED) is 0.442. The lowest BCUT2D eigenvalue weighted by atomic mass is 10.0. The van der Waals surface area contributed by atoms with Gasteiger partial charge in [0.1, 0.15) is 16.1 Å². The third kappa shape index (κ3) is 4.83. The molecule has 0 saturated carbocycles. The minimum atomic E-state index is -1.22. The summed E-state index contributed by atoms with van der Waals surface area (Å²) >= 11 is 4.92. The van der Waals surface area contributed by atoms with Crippen LogP contribution < -0.4 is 0 Å². The van der Waals surface area contributed by atoms with E-state index in [1.54, 1.807) is 0 Å². The molecule has 1 fully saturated rings. The first-order valence-corrected chi connectivity index (χ1v) is 9.39. The number of rotatable bonds is 5. The molecule has 0 amide bonds. The largest absolute Gasteiger partial charge is 0.591 e. The monoisotopic (exact) mass is 352 g/mol. The lowest BCUT2D eigenvalue weighted by Gasteiger charge is -2.27. The molecule has 126 valence electrons. The van der Waals surface area contributed by atoms with E-state index in [2.05, 4.69) is 21.9 Å². The van der Waals surface area contributed by atoms with Crippen LogP contribution in [-0.2, 0) is 11.4 Å². The maximum absolute atomic E-state index is 12.1. The molecule has 23 heavy (non-hydrogen) atoms. The van der Waals surface area contributed by atoms with Gasteiger partial charge >= 0.3 is 0 Å². The summed E-state index contributed by atoms with van der Waals surface area (Å²) in [5.41, 5.74) is 1.21. The third-order valence-corrected chi connectivity index (χ3v) is 5.58. The molecule has 0 N–H and O–H groups in total. The van der Waals surface area contributed by atoms with Gasteiger partial charge in [-0.3, -0.25) is 4.90 Å². The van der Waals surface area contributed by atoms with E-state index in [-0.39, 0.29) is 10.8 Å². The molecule has 1 unspecified atom stereocenters. The van der Waals surface area contributed by atoms with Gasteiger partial charge in [0.15, 0.2) is 0 Å². The summed E-state index contributed by atoms with van der Waals surface area (Å²) in [4.78, 5) is 2.35. The van der Waals surface area contributed by atoms with E-state index < -0.39 is 11.4 Å². The van der Waals surface area contributed by atoms with E-state index in [4.69, 9.17) is 11.6 Å². The Bertz CT molecular complexity index is 570. The average Bonchev–Trinajstić information content (AvgIpc) is 2.87. The highest BCUT2D eigenvalue weighted by molar-refractivity contribution is 7.91. The minimum Gasteiger partial charge on any atom is -0.591 e. The van der Waals surface area contributed by atoms with E-state index in [1.807, 2.05) is 51.3 Å². The van der Waals surface area contributed by atoms with Crippen molar-refractivity contribution < 1.29 is 4.55 Å². The summed E-state index contributed by atoms with van der Waals surface area (Å²) in [6.07, 6.45) is 5.79. The molecule has 0 aliphatic carbocycles. The Morgan fingerprint density at radius 2 is 2.17 bits per heavy atom. The van der Waals surface area contributed by atoms with Crippen LogP contribution in [-0.4, -0.2) is 33.0 Å². The van der Waals surface area contributed by atoms with Crippen molar-refractivity contribution in [3.63, 3.8) is 0 Å². The normalized spacial score (nSPS) is 24.2. The number of hydrogen-bond donors (Lipinski definition) is 0. The van der Waals surface area contributed by atoms with Gasteiger partial charge in [-0.05, 0) is 51.3 Å². The Kier molecular flexibility index (Phi) is 6.32. The molecule has 1 aliphatic heterocycles. The maximum Gasteiger partial charge on any atom is 0.144 e. The molecule has 1 heterocycles. The summed E-state index contributed by atoms with van der Waals surface area (Å²) in [5.74, 6) is 0. The second-order valence-corrected chi connectivity index (χ2v) is 9.19. The number of nitrogens with zero attached hydrogens (tertiary/aromatic N) is 2. The number of hydrogen-bond acceptors (Lipinski definition) is 3. The maximum atomic E-state index is 12.1. The molecule has 3 atom stereocenters. The van der Waals surface area contributed by atoms with Gasteiger partial charge in [0.25, 0.3) is 0 Å². The average molecular weight is 353 g/mol. The molecule has 0 aromatic heterocycles. The van der Waals surface area contributed by atoms with Crippen molar-refractivity contribution in [2.75, 3.05) is 6.54 Å². The summed E-state index contributed by atoms with van der Waals surface area (Å²) in [6.45, 7) is 10.4. The smallest absolute Gasteiger partial charge is 0.144 e. The highest BCUT2D eigenvalue weighted by Gasteiger charge is 2.34. The topological polar surface area (TPSA) is 38.7 Å². The first-order chi connectivity index (χ1) is 10.8. The van der Waals surface area contributed by atoms with E-state index in [1.165, 1.54) is 5.56 Å². The van der Waals surface area contributed by atoms with Crippen molar-refractivity contribution in [3.8, 4) is 0 Å². The predicted octanol–water partition coefficient (Wildman–Crippen LogP) is 4.56. The minimum absolute atomic E-state index is 0.184. The van der Waals surface area contributed by atoms with E-state index in [0.717, 1.165) is 24.4 Å². The molecule has 1 aliphatic rings. The van der Waals surface area contributed by atoms with Gasteiger partial charge in [0, 0.05) is 17.6 Å². The standard InChI is InChI=1S/C18H25ClN2OS/c1-5-11-21-16(13-20-23(22)18(2,3)4)9-10-17(21)14-7-6-8-15(19)12-14/h5-8,12-13,16-17H,1,9-11H2,2-4H3/t16-,17+,23?/m1/s1. The Hall–Kier alpha value is -0.810. The molecular weight excluding hydrogens is 328 g/mol. The molecule has 2 rings (SSSR count). The van der Waals surface area contributed by atoms with Gasteiger partial charge in [-0.1, -0.05) is 34.2 Å². The van der Waals surface area contributed by atoms with Gasteiger partial charge in [0.2, 0.25) is 0 Å². The van der Waals surface area contributed by atoms with Crippen LogP contribution in [0.1, 0.15) is 45.2 Å². The van der Waals surface area contributed by atoms with Gasteiger partial charge in [-0.2, -0.15) is 0 Å². The van der Waals surface area contributed by atoms with E-state index >= 15 is 0 Å². The number of likely N-dealkylation sites (tertiary alicyclic amines) is 1. The summed E-state index contributed by atoms with van der Waals surface area (Å²) < 4.78 is 16.1. The van der Waals surface area contributed by atoms with Gasteiger partial charge < -0.3 is 4.55 Å². The van der Waals surface area contributed by atoms with Crippen molar-refractivity contribution in [2.45, 2.75) is 50.4 Å². The van der Waals surface area contributed by atoms with Crippen molar-refractivity contribution >= 4 is 29.2 Å². The summed E-state index contributed by atoms with van der Waals surface area (Å²) in [7, 11) is 0. The molecular formula is C18H25ClN2OS. The Morgan fingerprint density at radius 1 is 1.43 bits per heavy atom. The van der Waals surface area contributed by atoms with Crippen LogP contribution in [0.3, 0.4) is 0 Å². The third-order valence-electron chi connectivity index (χ3n) is 3.99. The van der Waals surface area contributed by atoms with Crippen molar-refractivity contribution in [2.24, 2.45) is 4.40 Å². The highest BCUT2D eigenvalue weighted by atomic mass is 35.5. The first-order valence-electron chi connectivity index (χ1n) is 7.91. The number of benzene rings is 1. The predicted molar refractivity (Wildman–Crippen MR) is 101 cm³/mol. The zero-order valence-corrected chi connectivity index (χ0v) is 15.6. The van der Waals surface area contributed by atoms with Crippen LogP contribution in [0, 0.1) is 0 Å². The Balaban J connectivity index is 2.16. The van der Waals surface area contributed by atoms with Crippen LogP contribution in [0.5, 0.6) is 0 Å². The fraction of sp³-hybridized carbons (Fsp3) is 0.500. The lowest BCUT2D eigenvalue weighted by molar-refractivity contribution is 0.259. The summed E-state index contributed by atoms with van der Waals surface area (Å²) in [6, 6.07) is 8.49. The van der Waals surface area contributed by atoms with E-state index in [0.29, 0.717) is 6.04 Å². The van der Waals surface area contributed by atoms with Gasteiger partial charge in [-0.15, -0.1) is 6.58 Å². The highest BCUT2D eigenvalue weighted by Crippen LogP contribution is 2.36. The Labute approximate surface area is 147 Å². The van der Waals surface area contributed by atoms with Crippen LogP contribution >= 0.6 is 11.6 Å². The fourth-order valence-corrected chi connectivity index (χ4v) is 3.58. The molecule has 0 spiro atoms. The van der Waals surface area contributed by atoms with Crippen LogP contribution in [0.15, 0.2) is 41.3 Å². The second-order valence-electron chi connectivity index (χ2n) is 6.82. The van der Waals surface area contributed by atoms with Crippen LogP contribution in [0.4, 0.5) is 0 Å². The van der Waals surface area contributed by atoms with Gasteiger partial charge in [0.05, 0.1) is 12.3 Å². The van der Waals surface area contributed by atoms with Crippen LogP contribution in [0.2, 0.25) is 5.02 Å². The molecule has 1 aromatic carbocycles. The zero-order valence-electron chi connectivity index (χ0n) is 14.0. The Morgan fingerprint density at radius 3 is 2.78 bits per heavy atom. The van der Waals surface area contributed by atoms with Crippen molar-refractivity contribution in [1.29, 1.82) is 0 Å². The van der Waals surface area contributed by atoms with E-state index in [9.17, 15) is 4.55 Å². The molecule has 3 nitrogen and oxygen atoms in total. The SMILES string of the molecule is C=CCN1[C@@H](C=N[S+]([O-])C(C)(C)C)CC[C@H]1c1cccc(Cl)c1. The first kappa shape index (κ1) is 18.5. The van der Waals surface area contributed by atoms with Crippen LogP contribution in [0.25, 0.3) is 0 Å². The lowest BCUT2D eigenvalue weighted by Crippen LogP contribution is -2.34. The van der Waals surface area contributed by atoms with Crippen molar-refractivity contribution in [1.82, 2.24) is 4.90 Å². The number of halogens is 1. The molecule has 1 saturated heterocycles. The second kappa shape index (κ2) is 7.84. The zero-order chi connectivity index (χ0) is 17.0. The van der Waals surface area contributed by atoms with Gasteiger partial charge in [-0.25, -0.2) is 0 Å². The van der Waals surface area contributed by atoms with Crippen molar-refractivity contribution in [3.05, 3.63) is 47.5 Å². The molecule has 1 aromatic rings.